The van der Waals surface area contributed by atoms with E-state index in [0.717, 1.165) is 60.1 Å². The molecule has 1 saturated heterocycles. The summed E-state index contributed by atoms with van der Waals surface area (Å²) in [6, 6.07) is 7.20. The van der Waals surface area contributed by atoms with Crippen LogP contribution in [-0.2, 0) is 11.3 Å². The molecule has 0 amide bonds. The Hall–Kier alpha value is -3.33. The topological polar surface area (TPSA) is 87.4 Å². The average Bonchev–Trinajstić information content (AvgIpc) is 2.82. The molecule has 1 fully saturated rings. The summed E-state index contributed by atoms with van der Waals surface area (Å²) in [6.07, 6.45) is 1.81. The molecule has 3 aromatic rings. The van der Waals surface area contributed by atoms with Crippen LogP contribution in [0, 0.1) is 13.8 Å². The molecule has 174 valence electrons. The highest BCUT2D eigenvalue weighted by Gasteiger charge is 2.25. The van der Waals surface area contributed by atoms with Crippen molar-refractivity contribution in [2.45, 2.75) is 39.4 Å². The maximum atomic E-state index is 12.7. The standard InChI is InChI=1S/C24H28N4O5/c1-15-16(2)24(26-28-22(29)12-17(14-30-3)25-23(15)28)27-8-6-18(7-9-27)33-19-4-5-20-21(13-19)32-11-10-31-20/h4-5,12-13,18H,6-11,14H2,1-3H3. The van der Waals surface area contributed by atoms with Gasteiger partial charge in [0, 0.05) is 56.3 Å². The van der Waals surface area contributed by atoms with E-state index in [2.05, 4.69) is 15.0 Å². The van der Waals surface area contributed by atoms with Gasteiger partial charge in [0.1, 0.15) is 25.1 Å². The second-order valence-corrected chi connectivity index (χ2v) is 8.44. The SMILES string of the molecule is COCc1cc(=O)n2nc(N3CCC(Oc4ccc5c(c4)OCCO5)CC3)c(C)c(C)c2n1. The molecular weight excluding hydrogens is 424 g/mol. The van der Waals surface area contributed by atoms with Crippen LogP contribution in [0.15, 0.2) is 29.1 Å². The van der Waals surface area contributed by atoms with E-state index in [0.29, 0.717) is 31.2 Å². The van der Waals surface area contributed by atoms with E-state index in [1.165, 1.54) is 10.6 Å². The van der Waals surface area contributed by atoms with Gasteiger partial charge >= 0.3 is 0 Å². The normalized spacial score (nSPS) is 16.3. The third-order valence-corrected chi connectivity index (χ3v) is 6.23. The Bertz CT molecular complexity index is 1230. The van der Waals surface area contributed by atoms with Crippen molar-refractivity contribution in [3.05, 3.63) is 51.4 Å². The van der Waals surface area contributed by atoms with Crippen molar-refractivity contribution in [2.75, 3.05) is 38.3 Å². The number of aryl methyl sites for hydroxylation is 1. The number of fused-ring (bicyclic) bond motifs is 2. The molecule has 9 nitrogen and oxygen atoms in total. The van der Waals surface area contributed by atoms with Crippen LogP contribution >= 0.6 is 0 Å². The molecule has 4 heterocycles. The molecule has 0 N–H and O–H groups in total. The zero-order valence-electron chi connectivity index (χ0n) is 19.2. The number of nitrogens with zero attached hydrogens (tertiary/aromatic N) is 4. The molecular formula is C24H28N4O5. The van der Waals surface area contributed by atoms with Crippen LogP contribution in [-0.4, -0.2) is 54.1 Å². The highest BCUT2D eigenvalue weighted by molar-refractivity contribution is 5.59. The van der Waals surface area contributed by atoms with Crippen molar-refractivity contribution < 1.29 is 18.9 Å². The molecule has 1 aromatic carbocycles. The summed E-state index contributed by atoms with van der Waals surface area (Å²) in [5.41, 5.74) is 2.96. The smallest absolute Gasteiger partial charge is 0.274 e. The second-order valence-electron chi connectivity index (χ2n) is 8.44. The first-order valence-electron chi connectivity index (χ1n) is 11.2. The lowest BCUT2D eigenvalue weighted by Gasteiger charge is -2.34. The number of rotatable bonds is 5. The van der Waals surface area contributed by atoms with Gasteiger partial charge in [-0.25, -0.2) is 4.98 Å². The Labute approximate surface area is 191 Å². The minimum atomic E-state index is -0.201. The number of hydrogen-bond acceptors (Lipinski definition) is 8. The number of piperidine rings is 1. The van der Waals surface area contributed by atoms with Crippen LogP contribution in [0.25, 0.3) is 5.65 Å². The number of benzene rings is 1. The van der Waals surface area contributed by atoms with Crippen molar-refractivity contribution in [1.29, 1.82) is 0 Å². The van der Waals surface area contributed by atoms with Crippen LogP contribution in [0.4, 0.5) is 5.82 Å². The summed E-state index contributed by atoms with van der Waals surface area (Å²) in [5, 5.41) is 4.67. The van der Waals surface area contributed by atoms with Gasteiger partial charge in [0.2, 0.25) is 0 Å². The van der Waals surface area contributed by atoms with E-state index in [1.807, 2.05) is 32.0 Å². The lowest BCUT2D eigenvalue weighted by molar-refractivity contribution is 0.159. The van der Waals surface area contributed by atoms with Crippen molar-refractivity contribution in [1.82, 2.24) is 14.6 Å². The van der Waals surface area contributed by atoms with Gasteiger partial charge in [-0.15, -0.1) is 5.10 Å². The van der Waals surface area contributed by atoms with Crippen LogP contribution < -0.4 is 24.7 Å². The predicted octanol–water partition coefficient (Wildman–Crippen LogP) is 2.67. The number of ether oxygens (including phenoxy) is 4. The van der Waals surface area contributed by atoms with E-state index < -0.39 is 0 Å². The fraction of sp³-hybridized carbons (Fsp3) is 0.458. The fourth-order valence-electron chi connectivity index (χ4n) is 4.37. The third-order valence-electron chi connectivity index (χ3n) is 6.23. The maximum Gasteiger partial charge on any atom is 0.274 e. The zero-order valence-corrected chi connectivity index (χ0v) is 19.2. The van der Waals surface area contributed by atoms with Gasteiger partial charge in [0.05, 0.1) is 12.3 Å². The molecule has 0 saturated carbocycles. The number of anilines is 1. The summed E-state index contributed by atoms with van der Waals surface area (Å²) in [5.74, 6) is 3.10. The van der Waals surface area contributed by atoms with E-state index in [9.17, 15) is 4.79 Å². The van der Waals surface area contributed by atoms with Gasteiger partial charge in [-0.3, -0.25) is 4.79 Å². The van der Waals surface area contributed by atoms with Gasteiger partial charge in [-0.1, -0.05) is 0 Å². The molecule has 5 rings (SSSR count). The summed E-state index contributed by atoms with van der Waals surface area (Å²) >= 11 is 0. The second kappa shape index (κ2) is 8.90. The molecule has 0 radical (unpaired) electrons. The lowest BCUT2D eigenvalue weighted by Crippen LogP contribution is -2.39. The number of methoxy groups -OCH3 is 1. The average molecular weight is 453 g/mol. The Morgan fingerprint density at radius 2 is 1.82 bits per heavy atom. The van der Waals surface area contributed by atoms with E-state index in [-0.39, 0.29) is 11.7 Å². The summed E-state index contributed by atoms with van der Waals surface area (Å²) < 4.78 is 24.0. The predicted molar refractivity (Wildman–Crippen MR) is 123 cm³/mol. The minimum Gasteiger partial charge on any atom is -0.490 e. The molecule has 0 atom stereocenters. The highest BCUT2D eigenvalue weighted by atomic mass is 16.6. The van der Waals surface area contributed by atoms with Gasteiger partial charge in [-0.2, -0.15) is 4.52 Å². The Balaban J connectivity index is 1.32. The zero-order chi connectivity index (χ0) is 22.9. The first kappa shape index (κ1) is 21.5. The molecule has 33 heavy (non-hydrogen) atoms. The number of hydrogen-bond donors (Lipinski definition) is 0. The first-order valence-corrected chi connectivity index (χ1v) is 11.2. The van der Waals surface area contributed by atoms with Crippen molar-refractivity contribution in [2.24, 2.45) is 0 Å². The molecule has 0 aliphatic carbocycles. The third kappa shape index (κ3) is 4.20. The van der Waals surface area contributed by atoms with Crippen molar-refractivity contribution >= 4 is 11.5 Å². The van der Waals surface area contributed by atoms with Crippen LogP contribution in [0.5, 0.6) is 17.2 Å². The molecule has 0 bridgehead atoms. The maximum absolute atomic E-state index is 12.7. The quantitative estimate of drug-likeness (QED) is 0.584. The molecule has 9 heteroatoms. The molecule has 2 aromatic heterocycles. The minimum absolute atomic E-state index is 0.103. The summed E-state index contributed by atoms with van der Waals surface area (Å²) in [4.78, 5) is 19.5. The van der Waals surface area contributed by atoms with Crippen LogP contribution in [0.2, 0.25) is 0 Å². The Morgan fingerprint density at radius 1 is 1.06 bits per heavy atom. The molecule has 2 aliphatic rings. The molecule has 2 aliphatic heterocycles. The highest BCUT2D eigenvalue weighted by Crippen LogP contribution is 2.35. The van der Waals surface area contributed by atoms with Gasteiger partial charge < -0.3 is 23.8 Å². The van der Waals surface area contributed by atoms with E-state index >= 15 is 0 Å². The monoisotopic (exact) mass is 452 g/mol. The first-order chi connectivity index (χ1) is 16.0. The van der Waals surface area contributed by atoms with Gasteiger partial charge in [0.15, 0.2) is 23.0 Å². The summed E-state index contributed by atoms with van der Waals surface area (Å²) in [7, 11) is 1.59. The summed E-state index contributed by atoms with van der Waals surface area (Å²) in [6.45, 7) is 7.02. The van der Waals surface area contributed by atoms with Crippen molar-refractivity contribution in [3.8, 4) is 17.2 Å². The Morgan fingerprint density at radius 3 is 2.58 bits per heavy atom. The number of aromatic nitrogens is 3. The molecule has 0 unspecified atom stereocenters. The molecule has 0 spiro atoms. The fourth-order valence-corrected chi connectivity index (χ4v) is 4.37. The largest absolute Gasteiger partial charge is 0.490 e. The Kier molecular flexibility index (Phi) is 5.80. The van der Waals surface area contributed by atoms with Crippen LogP contribution in [0.3, 0.4) is 0 Å². The van der Waals surface area contributed by atoms with Crippen molar-refractivity contribution in [3.63, 3.8) is 0 Å². The van der Waals surface area contributed by atoms with Gasteiger partial charge in [-0.05, 0) is 26.0 Å². The van der Waals surface area contributed by atoms with Gasteiger partial charge in [0.25, 0.3) is 5.56 Å². The van der Waals surface area contributed by atoms with Crippen LogP contribution in [0.1, 0.15) is 29.7 Å². The lowest BCUT2D eigenvalue weighted by atomic mass is 10.1. The van der Waals surface area contributed by atoms with E-state index in [4.69, 9.17) is 18.9 Å². The van der Waals surface area contributed by atoms with E-state index in [1.54, 1.807) is 7.11 Å².